The molecule has 1 atom stereocenters. The number of hydrogen-bond acceptors (Lipinski definition) is 4. The van der Waals surface area contributed by atoms with Gasteiger partial charge in [-0.05, 0) is 51.3 Å². The van der Waals surface area contributed by atoms with Gasteiger partial charge in [-0.3, -0.25) is 4.90 Å². The molecule has 1 aliphatic carbocycles. The SMILES string of the molecule is CC(C)(C)OC(=O)N(C1CC1)[C@H](C(N)=NO)c1cccc(F)c1. The van der Waals surface area contributed by atoms with E-state index in [0.29, 0.717) is 5.56 Å². The zero-order chi connectivity index (χ0) is 17.2. The van der Waals surface area contributed by atoms with Crippen molar-refractivity contribution in [3.8, 4) is 0 Å². The lowest BCUT2D eigenvalue weighted by atomic mass is 10.0. The number of carbonyl (C=O) groups excluding carboxylic acids is 1. The first kappa shape index (κ1) is 17.1. The van der Waals surface area contributed by atoms with E-state index in [1.165, 1.54) is 23.1 Å². The Hall–Kier alpha value is -2.31. The summed E-state index contributed by atoms with van der Waals surface area (Å²) in [6, 6.07) is 4.76. The normalized spacial score (nSPS) is 16.8. The van der Waals surface area contributed by atoms with Gasteiger partial charge in [-0.25, -0.2) is 9.18 Å². The van der Waals surface area contributed by atoms with Crippen LogP contribution in [0.25, 0.3) is 0 Å². The third-order valence-electron chi connectivity index (χ3n) is 3.38. The van der Waals surface area contributed by atoms with Crippen LogP contribution in [0.4, 0.5) is 9.18 Å². The molecule has 6 nitrogen and oxygen atoms in total. The van der Waals surface area contributed by atoms with Crippen LogP contribution in [0.2, 0.25) is 0 Å². The van der Waals surface area contributed by atoms with Crippen molar-refractivity contribution < 1.29 is 19.1 Å². The third-order valence-corrected chi connectivity index (χ3v) is 3.38. The molecule has 126 valence electrons. The molecular formula is C16H22FN3O3. The minimum atomic E-state index is -0.877. The number of nitrogens with two attached hydrogens (primary N) is 1. The Labute approximate surface area is 134 Å². The number of hydrogen-bond donors (Lipinski definition) is 2. The summed E-state index contributed by atoms with van der Waals surface area (Å²) in [5.41, 5.74) is 5.55. The van der Waals surface area contributed by atoms with Crippen molar-refractivity contribution >= 4 is 11.9 Å². The first-order valence-electron chi connectivity index (χ1n) is 7.47. The molecule has 1 aromatic rings. The third kappa shape index (κ3) is 4.34. The predicted octanol–water partition coefficient (Wildman–Crippen LogP) is 3.01. The number of amides is 1. The van der Waals surface area contributed by atoms with Crippen LogP contribution in [0.5, 0.6) is 0 Å². The predicted molar refractivity (Wildman–Crippen MR) is 83.6 cm³/mol. The highest BCUT2D eigenvalue weighted by molar-refractivity contribution is 5.90. The summed E-state index contributed by atoms with van der Waals surface area (Å²) in [5.74, 6) is -0.647. The summed E-state index contributed by atoms with van der Waals surface area (Å²) in [5, 5.41) is 12.1. The van der Waals surface area contributed by atoms with Crippen LogP contribution in [-0.2, 0) is 4.74 Å². The number of ether oxygens (including phenoxy) is 1. The van der Waals surface area contributed by atoms with Gasteiger partial charge in [0, 0.05) is 6.04 Å². The van der Waals surface area contributed by atoms with Gasteiger partial charge in [-0.2, -0.15) is 0 Å². The maximum Gasteiger partial charge on any atom is 0.411 e. The molecule has 0 unspecified atom stereocenters. The highest BCUT2D eigenvalue weighted by Crippen LogP contribution is 2.36. The fourth-order valence-corrected chi connectivity index (χ4v) is 2.34. The first-order chi connectivity index (χ1) is 10.7. The van der Waals surface area contributed by atoms with E-state index in [1.54, 1.807) is 26.8 Å². The Morgan fingerprint density at radius 2 is 2.13 bits per heavy atom. The zero-order valence-electron chi connectivity index (χ0n) is 13.5. The van der Waals surface area contributed by atoms with Crippen molar-refractivity contribution in [1.29, 1.82) is 0 Å². The molecule has 1 aliphatic rings. The molecule has 0 radical (unpaired) electrons. The van der Waals surface area contributed by atoms with Crippen LogP contribution in [0.1, 0.15) is 45.2 Å². The van der Waals surface area contributed by atoms with Gasteiger partial charge in [-0.1, -0.05) is 17.3 Å². The quantitative estimate of drug-likeness (QED) is 0.386. The van der Waals surface area contributed by atoms with Gasteiger partial charge in [0.2, 0.25) is 0 Å². The summed E-state index contributed by atoms with van der Waals surface area (Å²) in [6.45, 7) is 5.28. The average Bonchev–Trinajstić information content (AvgIpc) is 3.26. The number of halogens is 1. The summed E-state index contributed by atoms with van der Waals surface area (Å²) in [6.07, 6.45) is 1.02. The van der Waals surface area contributed by atoms with Crippen LogP contribution in [0.3, 0.4) is 0 Å². The second-order valence-electron chi connectivity index (χ2n) is 6.60. The molecule has 0 aromatic heterocycles. The molecule has 0 bridgehead atoms. The van der Waals surface area contributed by atoms with E-state index in [0.717, 1.165) is 12.8 Å². The Kier molecular flexibility index (Phi) is 4.77. The topological polar surface area (TPSA) is 88.2 Å². The van der Waals surface area contributed by atoms with Crippen molar-refractivity contribution in [3.05, 3.63) is 35.6 Å². The van der Waals surface area contributed by atoms with E-state index in [-0.39, 0.29) is 11.9 Å². The average molecular weight is 323 g/mol. The van der Waals surface area contributed by atoms with E-state index < -0.39 is 23.6 Å². The molecule has 0 saturated heterocycles. The molecule has 0 spiro atoms. The maximum atomic E-state index is 13.6. The second-order valence-corrected chi connectivity index (χ2v) is 6.60. The van der Waals surface area contributed by atoms with Crippen molar-refractivity contribution in [1.82, 2.24) is 4.90 Å². The Bertz CT molecular complexity index is 609. The molecular weight excluding hydrogens is 301 g/mol. The van der Waals surface area contributed by atoms with Crippen LogP contribution in [-0.4, -0.2) is 33.7 Å². The standard InChI is InChI=1S/C16H22FN3O3/c1-16(2,3)23-15(21)20(12-7-8-12)13(14(18)19-22)10-5-4-6-11(17)9-10/h4-6,9,12-13,22H,7-8H2,1-3H3,(H2,18,19)/t13-/m0/s1. The van der Waals surface area contributed by atoms with Crippen LogP contribution >= 0.6 is 0 Å². The highest BCUT2D eigenvalue weighted by Gasteiger charge is 2.42. The first-order valence-corrected chi connectivity index (χ1v) is 7.47. The van der Waals surface area contributed by atoms with Gasteiger partial charge in [0.25, 0.3) is 0 Å². The number of oxime groups is 1. The Morgan fingerprint density at radius 1 is 1.48 bits per heavy atom. The van der Waals surface area contributed by atoms with E-state index in [4.69, 9.17) is 15.7 Å². The Balaban J connectivity index is 2.40. The van der Waals surface area contributed by atoms with Gasteiger partial charge < -0.3 is 15.7 Å². The number of rotatable bonds is 4. The maximum absolute atomic E-state index is 13.6. The van der Waals surface area contributed by atoms with Gasteiger partial charge in [-0.15, -0.1) is 0 Å². The smallest absolute Gasteiger partial charge is 0.411 e. The van der Waals surface area contributed by atoms with Crippen molar-refractivity contribution in [2.24, 2.45) is 10.9 Å². The lowest BCUT2D eigenvalue weighted by Crippen LogP contribution is -2.45. The van der Waals surface area contributed by atoms with Crippen LogP contribution in [0.15, 0.2) is 29.4 Å². The van der Waals surface area contributed by atoms with Gasteiger partial charge in [0.05, 0.1) is 0 Å². The fourth-order valence-electron chi connectivity index (χ4n) is 2.34. The van der Waals surface area contributed by atoms with Gasteiger partial charge in [0.15, 0.2) is 5.84 Å². The van der Waals surface area contributed by atoms with E-state index >= 15 is 0 Å². The van der Waals surface area contributed by atoms with Crippen molar-refractivity contribution in [2.45, 2.75) is 51.3 Å². The second kappa shape index (κ2) is 6.44. The minimum Gasteiger partial charge on any atom is -0.444 e. The molecule has 0 heterocycles. The number of nitrogens with zero attached hydrogens (tertiary/aromatic N) is 2. The lowest BCUT2D eigenvalue weighted by Gasteiger charge is -2.33. The Morgan fingerprint density at radius 3 is 2.61 bits per heavy atom. The van der Waals surface area contributed by atoms with E-state index in [2.05, 4.69) is 5.16 Å². The number of amidine groups is 1. The monoisotopic (exact) mass is 323 g/mol. The van der Waals surface area contributed by atoms with E-state index in [9.17, 15) is 9.18 Å². The highest BCUT2D eigenvalue weighted by atomic mass is 19.1. The number of carbonyl (C=O) groups is 1. The molecule has 3 N–H and O–H groups in total. The summed E-state index contributed by atoms with van der Waals surface area (Å²) in [4.78, 5) is 14.0. The largest absolute Gasteiger partial charge is 0.444 e. The number of benzene rings is 1. The molecule has 1 amide bonds. The van der Waals surface area contributed by atoms with Gasteiger partial charge in [0.1, 0.15) is 17.5 Å². The molecule has 0 aliphatic heterocycles. The summed E-state index contributed by atoms with van der Waals surface area (Å²) in [7, 11) is 0. The molecule has 1 saturated carbocycles. The van der Waals surface area contributed by atoms with E-state index in [1.807, 2.05) is 0 Å². The van der Waals surface area contributed by atoms with Crippen LogP contribution < -0.4 is 5.73 Å². The molecule has 7 heteroatoms. The van der Waals surface area contributed by atoms with Crippen LogP contribution in [0, 0.1) is 5.82 Å². The summed E-state index contributed by atoms with van der Waals surface area (Å²) >= 11 is 0. The minimum absolute atomic E-state index is 0.0709. The van der Waals surface area contributed by atoms with Crippen molar-refractivity contribution in [2.75, 3.05) is 0 Å². The van der Waals surface area contributed by atoms with Crippen molar-refractivity contribution in [3.63, 3.8) is 0 Å². The van der Waals surface area contributed by atoms with Gasteiger partial charge >= 0.3 is 6.09 Å². The molecule has 1 fully saturated rings. The lowest BCUT2D eigenvalue weighted by molar-refractivity contribution is 0.0189. The zero-order valence-corrected chi connectivity index (χ0v) is 13.5. The molecule has 2 rings (SSSR count). The summed E-state index contributed by atoms with van der Waals surface area (Å²) < 4.78 is 19.0. The fraction of sp³-hybridized carbons (Fsp3) is 0.500. The molecule has 1 aromatic carbocycles. The molecule has 23 heavy (non-hydrogen) atoms.